The minimum Gasteiger partial charge on any atom is -0.299 e. The second-order valence-electron chi connectivity index (χ2n) is 3.56. The Morgan fingerprint density at radius 1 is 1.50 bits per heavy atom. The normalized spacial score (nSPS) is 64.8. The maximum Gasteiger partial charge on any atom is 0.136 e. The summed E-state index contributed by atoms with van der Waals surface area (Å²) in [4.78, 5) is 10.9. The number of carbonyl (C=O) groups is 1. The van der Waals surface area contributed by atoms with Crippen LogP contribution in [-0.4, -0.2) is 5.78 Å². The van der Waals surface area contributed by atoms with E-state index in [1.807, 2.05) is 0 Å². The molecule has 0 bridgehead atoms. The molecule has 3 aliphatic carbocycles. The highest BCUT2D eigenvalue weighted by Gasteiger charge is 2.77. The van der Waals surface area contributed by atoms with Gasteiger partial charge in [0.15, 0.2) is 0 Å². The first-order valence-corrected chi connectivity index (χ1v) is 3.36. The highest BCUT2D eigenvalue weighted by molar-refractivity contribution is 5.90. The van der Waals surface area contributed by atoms with Crippen molar-refractivity contribution in [1.29, 1.82) is 0 Å². The molecule has 0 N–H and O–H groups in total. The molecule has 3 atom stereocenters. The van der Waals surface area contributed by atoms with Crippen LogP contribution in [0.5, 0.6) is 0 Å². The molecule has 0 radical (unpaired) electrons. The predicted molar refractivity (Wildman–Crippen MR) is 28.3 cm³/mol. The van der Waals surface area contributed by atoms with Crippen LogP contribution in [0.2, 0.25) is 0 Å². The van der Waals surface area contributed by atoms with Gasteiger partial charge >= 0.3 is 0 Å². The molecule has 42 valence electrons. The SMILES string of the molecule is O=C1CC2CC23CC13. The molecule has 0 aromatic rings. The Morgan fingerprint density at radius 2 is 2.38 bits per heavy atom. The van der Waals surface area contributed by atoms with Crippen LogP contribution in [0.4, 0.5) is 0 Å². The third kappa shape index (κ3) is 0.188. The molecule has 0 aromatic carbocycles. The largest absolute Gasteiger partial charge is 0.299 e. The molecule has 0 saturated heterocycles. The van der Waals surface area contributed by atoms with Gasteiger partial charge in [-0.25, -0.2) is 0 Å². The van der Waals surface area contributed by atoms with Crippen molar-refractivity contribution >= 4 is 5.78 Å². The average molecular weight is 108 g/mol. The third-order valence-electron chi connectivity index (χ3n) is 3.23. The molecule has 0 heterocycles. The zero-order chi connectivity index (χ0) is 5.35. The maximum atomic E-state index is 10.9. The summed E-state index contributed by atoms with van der Waals surface area (Å²) in [5.74, 6) is 1.99. The first kappa shape index (κ1) is 3.65. The Bertz CT molecular complexity index is 185. The second kappa shape index (κ2) is 0.687. The minimum absolute atomic E-state index is 0.562. The van der Waals surface area contributed by atoms with Crippen molar-refractivity contribution in [3.63, 3.8) is 0 Å². The van der Waals surface area contributed by atoms with Crippen molar-refractivity contribution in [2.45, 2.75) is 19.3 Å². The van der Waals surface area contributed by atoms with E-state index >= 15 is 0 Å². The molecule has 3 fully saturated rings. The molecule has 0 aliphatic heterocycles. The van der Waals surface area contributed by atoms with E-state index < -0.39 is 0 Å². The van der Waals surface area contributed by atoms with E-state index in [0.717, 1.165) is 12.3 Å². The second-order valence-corrected chi connectivity index (χ2v) is 3.56. The van der Waals surface area contributed by atoms with E-state index in [1.165, 1.54) is 12.8 Å². The van der Waals surface area contributed by atoms with Gasteiger partial charge in [-0.1, -0.05) is 0 Å². The fourth-order valence-electron chi connectivity index (χ4n) is 2.49. The zero-order valence-corrected chi connectivity index (χ0v) is 4.68. The van der Waals surface area contributed by atoms with Crippen LogP contribution in [0.3, 0.4) is 0 Å². The summed E-state index contributed by atoms with van der Waals surface area (Å²) >= 11 is 0. The highest BCUT2D eigenvalue weighted by Crippen LogP contribution is 2.80. The number of carbonyl (C=O) groups excluding carboxylic acids is 1. The van der Waals surface area contributed by atoms with E-state index in [2.05, 4.69) is 0 Å². The van der Waals surface area contributed by atoms with Gasteiger partial charge in [0.2, 0.25) is 0 Å². The summed E-state index contributed by atoms with van der Waals surface area (Å²) in [6.45, 7) is 0. The molecule has 3 rings (SSSR count). The molecule has 1 spiro atoms. The van der Waals surface area contributed by atoms with Gasteiger partial charge in [0.1, 0.15) is 5.78 Å². The summed E-state index contributed by atoms with van der Waals surface area (Å²) in [7, 11) is 0. The fraction of sp³-hybridized carbons (Fsp3) is 0.857. The van der Waals surface area contributed by atoms with Crippen LogP contribution in [0.25, 0.3) is 0 Å². The quantitative estimate of drug-likeness (QED) is 0.452. The van der Waals surface area contributed by atoms with Crippen molar-refractivity contribution in [1.82, 2.24) is 0 Å². The van der Waals surface area contributed by atoms with E-state index in [-0.39, 0.29) is 0 Å². The Kier molecular flexibility index (Phi) is 0.313. The van der Waals surface area contributed by atoms with Gasteiger partial charge in [0.05, 0.1) is 0 Å². The van der Waals surface area contributed by atoms with Crippen LogP contribution < -0.4 is 0 Å². The van der Waals surface area contributed by atoms with E-state index in [4.69, 9.17) is 0 Å². The topological polar surface area (TPSA) is 17.1 Å². The summed E-state index contributed by atoms with van der Waals surface area (Å²) in [5, 5.41) is 0. The Morgan fingerprint density at radius 3 is 2.62 bits per heavy atom. The first-order chi connectivity index (χ1) is 3.83. The summed E-state index contributed by atoms with van der Waals surface area (Å²) in [6.07, 6.45) is 3.59. The van der Waals surface area contributed by atoms with Crippen molar-refractivity contribution in [3.8, 4) is 0 Å². The van der Waals surface area contributed by atoms with Crippen molar-refractivity contribution in [2.24, 2.45) is 17.3 Å². The van der Waals surface area contributed by atoms with Gasteiger partial charge < -0.3 is 0 Å². The van der Waals surface area contributed by atoms with Gasteiger partial charge in [0.25, 0.3) is 0 Å². The standard InChI is InChI=1S/C7H8O/c8-6-1-4-2-7(4)3-5(6)7/h4-5H,1-3H2. The number of rotatable bonds is 0. The minimum atomic E-state index is 0.562. The molecule has 0 amide bonds. The molecule has 1 heteroatoms. The molecular formula is C7H8O. The van der Waals surface area contributed by atoms with Gasteiger partial charge in [-0.05, 0) is 24.2 Å². The molecule has 3 saturated carbocycles. The van der Waals surface area contributed by atoms with Crippen LogP contribution in [0.1, 0.15) is 19.3 Å². The predicted octanol–water partition coefficient (Wildman–Crippen LogP) is 0.985. The Balaban J connectivity index is 2.12. The molecule has 3 unspecified atom stereocenters. The molecule has 3 aliphatic rings. The van der Waals surface area contributed by atoms with E-state index in [0.29, 0.717) is 17.1 Å². The number of Topliss-reactive ketones (excluding diaryl/α,β-unsaturated/α-hetero) is 1. The van der Waals surface area contributed by atoms with Crippen LogP contribution in [0.15, 0.2) is 0 Å². The van der Waals surface area contributed by atoms with E-state index in [1.54, 1.807) is 0 Å². The van der Waals surface area contributed by atoms with Crippen molar-refractivity contribution < 1.29 is 4.79 Å². The summed E-state index contributed by atoms with van der Waals surface area (Å²) < 4.78 is 0. The van der Waals surface area contributed by atoms with Gasteiger partial charge in [-0.2, -0.15) is 0 Å². The van der Waals surface area contributed by atoms with Gasteiger partial charge in [0, 0.05) is 12.3 Å². The Hall–Kier alpha value is -0.330. The number of hydrogen-bond donors (Lipinski definition) is 0. The van der Waals surface area contributed by atoms with Gasteiger partial charge in [-0.15, -0.1) is 0 Å². The number of hydrogen-bond acceptors (Lipinski definition) is 1. The smallest absolute Gasteiger partial charge is 0.136 e. The highest BCUT2D eigenvalue weighted by atomic mass is 16.1. The lowest BCUT2D eigenvalue weighted by Crippen LogP contribution is -1.95. The molecular weight excluding hydrogens is 100 g/mol. The lowest BCUT2D eigenvalue weighted by Gasteiger charge is -1.86. The summed E-state index contributed by atoms with van der Waals surface area (Å²) in [6, 6.07) is 0. The van der Waals surface area contributed by atoms with Crippen molar-refractivity contribution in [2.75, 3.05) is 0 Å². The molecule has 1 nitrogen and oxygen atoms in total. The maximum absolute atomic E-state index is 10.9. The summed E-state index contributed by atoms with van der Waals surface area (Å²) in [5.41, 5.74) is 0.650. The molecule has 0 aromatic heterocycles. The Labute approximate surface area is 48.1 Å². The molecule has 8 heavy (non-hydrogen) atoms. The fourth-order valence-corrected chi connectivity index (χ4v) is 2.49. The lowest BCUT2D eigenvalue weighted by atomic mass is 10.2. The van der Waals surface area contributed by atoms with Crippen molar-refractivity contribution in [3.05, 3.63) is 0 Å². The lowest BCUT2D eigenvalue weighted by molar-refractivity contribution is -0.119. The van der Waals surface area contributed by atoms with Crippen LogP contribution in [0, 0.1) is 17.3 Å². The van der Waals surface area contributed by atoms with Crippen LogP contribution >= 0.6 is 0 Å². The zero-order valence-electron chi connectivity index (χ0n) is 4.68. The first-order valence-electron chi connectivity index (χ1n) is 3.36. The van der Waals surface area contributed by atoms with E-state index in [9.17, 15) is 4.79 Å². The van der Waals surface area contributed by atoms with Gasteiger partial charge in [-0.3, -0.25) is 4.79 Å². The van der Waals surface area contributed by atoms with Crippen LogP contribution in [-0.2, 0) is 4.79 Å². The third-order valence-corrected chi connectivity index (χ3v) is 3.23. The number of ketones is 1. The monoisotopic (exact) mass is 108 g/mol. The average Bonchev–Trinajstić information content (AvgIpc) is 2.51.